The monoisotopic (exact) mass is 273 g/mol. The van der Waals surface area contributed by atoms with Crippen molar-refractivity contribution in [3.05, 3.63) is 48.0 Å². The molecule has 2 aromatic heterocycles. The molecule has 0 saturated heterocycles. The molecule has 20 heavy (non-hydrogen) atoms. The molecule has 2 N–H and O–H groups in total. The first-order chi connectivity index (χ1) is 9.70. The van der Waals surface area contributed by atoms with Crippen LogP contribution in [0.15, 0.2) is 41.1 Å². The molecule has 0 aliphatic rings. The first kappa shape index (κ1) is 14.1. The van der Waals surface area contributed by atoms with Gasteiger partial charge in [0.25, 0.3) is 5.91 Å². The predicted molar refractivity (Wildman–Crippen MR) is 77.7 cm³/mol. The Labute approximate surface area is 118 Å². The Balaban J connectivity index is 2.00. The molecule has 5 nitrogen and oxygen atoms in total. The van der Waals surface area contributed by atoms with Crippen molar-refractivity contribution < 1.29 is 9.21 Å². The molecule has 0 aromatic carbocycles. The number of rotatable bonds is 6. The zero-order chi connectivity index (χ0) is 14.4. The standard InChI is InChI=1S/C15H19N3O2/c1-3-16-14-13(7-4-8-17-14)15(19)18-11(2)10-12-6-5-9-20-12/h4-9,11H,3,10H2,1-2H3,(H,16,17)(H,18,19). The van der Waals surface area contributed by atoms with Gasteiger partial charge in [0.1, 0.15) is 11.6 Å². The summed E-state index contributed by atoms with van der Waals surface area (Å²) in [5.41, 5.74) is 0.556. The number of aromatic nitrogens is 1. The van der Waals surface area contributed by atoms with Gasteiger partial charge >= 0.3 is 0 Å². The number of carbonyl (C=O) groups excluding carboxylic acids is 1. The van der Waals surface area contributed by atoms with Gasteiger partial charge in [0.15, 0.2) is 0 Å². The maximum atomic E-state index is 12.3. The van der Waals surface area contributed by atoms with Gasteiger partial charge in [-0.25, -0.2) is 4.98 Å². The molecule has 2 aromatic rings. The van der Waals surface area contributed by atoms with Crippen LogP contribution in [0.4, 0.5) is 5.82 Å². The third kappa shape index (κ3) is 3.60. The Bertz CT molecular complexity index is 552. The van der Waals surface area contributed by atoms with E-state index in [1.165, 1.54) is 0 Å². The van der Waals surface area contributed by atoms with Crippen molar-refractivity contribution in [2.45, 2.75) is 26.3 Å². The van der Waals surface area contributed by atoms with E-state index < -0.39 is 0 Å². The van der Waals surface area contributed by atoms with Gasteiger partial charge in [0, 0.05) is 25.2 Å². The molecule has 0 aliphatic carbocycles. The molecule has 0 bridgehead atoms. The molecule has 106 valence electrons. The SMILES string of the molecule is CCNc1ncccc1C(=O)NC(C)Cc1ccco1. The lowest BCUT2D eigenvalue weighted by Gasteiger charge is -2.14. The minimum Gasteiger partial charge on any atom is -0.469 e. The largest absolute Gasteiger partial charge is 0.469 e. The highest BCUT2D eigenvalue weighted by molar-refractivity contribution is 5.98. The fraction of sp³-hybridized carbons (Fsp3) is 0.333. The summed E-state index contributed by atoms with van der Waals surface area (Å²) >= 11 is 0. The van der Waals surface area contributed by atoms with Crippen LogP contribution in [0.3, 0.4) is 0 Å². The Kier molecular flexibility index (Phi) is 4.76. The number of anilines is 1. The Morgan fingerprint density at radius 1 is 1.40 bits per heavy atom. The highest BCUT2D eigenvalue weighted by atomic mass is 16.3. The van der Waals surface area contributed by atoms with Crippen molar-refractivity contribution in [2.24, 2.45) is 0 Å². The summed E-state index contributed by atoms with van der Waals surface area (Å²) in [6, 6.07) is 7.25. The van der Waals surface area contributed by atoms with E-state index in [1.807, 2.05) is 26.0 Å². The van der Waals surface area contributed by atoms with Crippen LogP contribution in [0.1, 0.15) is 30.0 Å². The van der Waals surface area contributed by atoms with Crippen LogP contribution in [-0.2, 0) is 6.42 Å². The molecule has 0 saturated carbocycles. The second kappa shape index (κ2) is 6.75. The maximum absolute atomic E-state index is 12.3. The molecule has 1 unspecified atom stereocenters. The van der Waals surface area contributed by atoms with Crippen LogP contribution >= 0.6 is 0 Å². The van der Waals surface area contributed by atoms with E-state index in [0.29, 0.717) is 17.8 Å². The number of pyridine rings is 1. The summed E-state index contributed by atoms with van der Waals surface area (Å²) in [7, 11) is 0. The van der Waals surface area contributed by atoms with Gasteiger partial charge in [-0.1, -0.05) is 0 Å². The van der Waals surface area contributed by atoms with Crippen molar-refractivity contribution in [1.29, 1.82) is 0 Å². The van der Waals surface area contributed by atoms with E-state index in [9.17, 15) is 4.79 Å². The fourth-order valence-electron chi connectivity index (χ4n) is 1.98. The van der Waals surface area contributed by atoms with Crippen LogP contribution in [-0.4, -0.2) is 23.5 Å². The van der Waals surface area contributed by atoms with Crippen LogP contribution in [0.25, 0.3) is 0 Å². The van der Waals surface area contributed by atoms with Crippen LogP contribution < -0.4 is 10.6 Å². The van der Waals surface area contributed by atoms with E-state index in [4.69, 9.17) is 4.42 Å². The summed E-state index contributed by atoms with van der Waals surface area (Å²) in [5, 5.41) is 6.04. The molecular weight excluding hydrogens is 254 g/mol. The summed E-state index contributed by atoms with van der Waals surface area (Å²) in [4.78, 5) is 16.4. The zero-order valence-electron chi connectivity index (χ0n) is 11.7. The minimum atomic E-state index is -0.131. The average Bonchev–Trinajstić information content (AvgIpc) is 2.92. The first-order valence-electron chi connectivity index (χ1n) is 6.72. The van der Waals surface area contributed by atoms with E-state index in [-0.39, 0.29) is 11.9 Å². The molecule has 2 rings (SSSR count). The summed E-state index contributed by atoms with van der Waals surface area (Å²) < 4.78 is 5.28. The third-order valence-corrected chi connectivity index (χ3v) is 2.86. The van der Waals surface area contributed by atoms with Gasteiger partial charge in [-0.3, -0.25) is 4.79 Å². The molecular formula is C15H19N3O2. The molecule has 0 radical (unpaired) electrons. The number of amides is 1. The Morgan fingerprint density at radius 2 is 2.25 bits per heavy atom. The molecule has 0 spiro atoms. The fourth-order valence-corrected chi connectivity index (χ4v) is 1.98. The van der Waals surface area contributed by atoms with E-state index in [2.05, 4.69) is 15.6 Å². The summed E-state index contributed by atoms with van der Waals surface area (Å²) in [5.74, 6) is 1.33. The lowest BCUT2D eigenvalue weighted by molar-refractivity contribution is 0.0940. The topological polar surface area (TPSA) is 67.2 Å². The zero-order valence-corrected chi connectivity index (χ0v) is 11.7. The van der Waals surface area contributed by atoms with Crippen LogP contribution in [0, 0.1) is 0 Å². The predicted octanol–water partition coefficient (Wildman–Crippen LogP) is 2.47. The lowest BCUT2D eigenvalue weighted by Crippen LogP contribution is -2.34. The van der Waals surface area contributed by atoms with Crippen molar-refractivity contribution in [1.82, 2.24) is 10.3 Å². The smallest absolute Gasteiger partial charge is 0.255 e. The lowest BCUT2D eigenvalue weighted by atomic mass is 10.1. The average molecular weight is 273 g/mol. The van der Waals surface area contributed by atoms with Crippen molar-refractivity contribution in [3.8, 4) is 0 Å². The molecule has 1 amide bonds. The second-order valence-electron chi connectivity index (χ2n) is 4.59. The van der Waals surface area contributed by atoms with Crippen molar-refractivity contribution in [3.63, 3.8) is 0 Å². The van der Waals surface area contributed by atoms with Gasteiger partial charge in [0.05, 0.1) is 11.8 Å². The third-order valence-electron chi connectivity index (χ3n) is 2.86. The number of nitrogens with one attached hydrogen (secondary N) is 2. The summed E-state index contributed by atoms with van der Waals surface area (Å²) in [6.07, 6.45) is 3.96. The molecule has 5 heteroatoms. The second-order valence-corrected chi connectivity index (χ2v) is 4.59. The highest BCUT2D eigenvalue weighted by Gasteiger charge is 2.15. The molecule has 2 heterocycles. The number of nitrogens with zero attached hydrogens (tertiary/aromatic N) is 1. The van der Waals surface area contributed by atoms with Gasteiger partial charge in [-0.05, 0) is 38.1 Å². The van der Waals surface area contributed by atoms with Gasteiger partial charge in [-0.2, -0.15) is 0 Å². The van der Waals surface area contributed by atoms with Gasteiger partial charge < -0.3 is 15.1 Å². The van der Waals surface area contributed by atoms with E-state index in [0.717, 1.165) is 12.3 Å². The number of carbonyl (C=O) groups is 1. The van der Waals surface area contributed by atoms with Gasteiger partial charge in [0.2, 0.25) is 0 Å². The summed E-state index contributed by atoms with van der Waals surface area (Å²) in [6.45, 7) is 4.64. The number of furan rings is 1. The van der Waals surface area contributed by atoms with Crippen LogP contribution in [0.5, 0.6) is 0 Å². The van der Waals surface area contributed by atoms with Crippen molar-refractivity contribution >= 4 is 11.7 Å². The normalized spacial score (nSPS) is 11.9. The van der Waals surface area contributed by atoms with Crippen LogP contribution in [0.2, 0.25) is 0 Å². The quantitative estimate of drug-likeness (QED) is 0.848. The van der Waals surface area contributed by atoms with Gasteiger partial charge in [-0.15, -0.1) is 0 Å². The Hall–Kier alpha value is -2.30. The molecule has 0 fully saturated rings. The van der Waals surface area contributed by atoms with Crippen molar-refractivity contribution in [2.75, 3.05) is 11.9 Å². The number of hydrogen-bond donors (Lipinski definition) is 2. The molecule has 1 atom stereocenters. The minimum absolute atomic E-state index is 0.0108. The number of hydrogen-bond acceptors (Lipinski definition) is 4. The Morgan fingerprint density at radius 3 is 2.95 bits per heavy atom. The molecule has 0 aliphatic heterocycles. The first-order valence-corrected chi connectivity index (χ1v) is 6.72. The van der Waals surface area contributed by atoms with E-state index >= 15 is 0 Å². The highest BCUT2D eigenvalue weighted by Crippen LogP contribution is 2.12. The van der Waals surface area contributed by atoms with E-state index in [1.54, 1.807) is 24.6 Å². The maximum Gasteiger partial charge on any atom is 0.255 e.